The van der Waals surface area contributed by atoms with Gasteiger partial charge in [0, 0.05) is 10.9 Å². The molecule has 0 atom stereocenters. The molecule has 0 fully saturated rings. The number of carbonyl (C=O) groups is 1. The van der Waals surface area contributed by atoms with Crippen LogP contribution in [0.5, 0.6) is 5.75 Å². The van der Waals surface area contributed by atoms with Crippen LogP contribution in [0.25, 0.3) is 11.1 Å². The zero-order valence-electron chi connectivity index (χ0n) is 9.14. The number of phenols is 1. The van der Waals surface area contributed by atoms with E-state index >= 15 is 0 Å². The van der Waals surface area contributed by atoms with E-state index in [0.717, 1.165) is 11.1 Å². The Bertz CT molecular complexity index is 545. The lowest BCUT2D eigenvalue weighted by Crippen LogP contribution is -2.02. The Morgan fingerprint density at radius 3 is 2.59 bits per heavy atom. The van der Waals surface area contributed by atoms with E-state index in [0.29, 0.717) is 10.6 Å². The average molecular weight is 249 g/mol. The Hall–Kier alpha value is -2.01. The third kappa shape index (κ3) is 2.09. The SMILES string of the molecule is COC(=O)c1scc(-c2ccc(O)cc2)c1N. The molecular formula is C12H11NO3S. The van der Waals surface area contributed by atoms with E-state index in [4.69, 9.17) is 5.73 Å². The fraction of sp³-hybridized carbons (Fsp3) is 0.0833. The highest BCUT2D eigenvalue weighted by Gasteiger charge is 2.16. The molecule has 4 nitrogen and oxygen atoms in total. The maximum absolute atomic E-state index is 11.4. The molecule has 0 aliphatic heterocycles. The van der Waals surface area contributed by atoms with Crippen LogP contribution in [0.3, 0.4) is 0 Å². The van der Waals surface area contributed by atoms with Crippen LogP contribution < -0.4 is 5.73 Å². The maximum atomic E-state index is 11.4. The van der Waals surface area contributed by atoms with Crippen molar-refractivity contribution < 1.29 is 14.6 Å². The highest BCUT2D eigenvalue weighted by atomic mass is 32.1. The second-order valence-electron chi connectivity index (χ2n) is 3.43. The van der Waals surface area contributed by atoms with Gasteiger partial charge in [-0.15, -0.1) is 11.3 Å². The molecule has 0 saturated heterocycles. The van der Waals surface area contributed by atoms with E-state index in [2.05, 4.69) is 4.74 Å². The van der Waals surface area contributed by atoms with Gasteiger partial charge in [0.1, 0.15) is 10.6 Å². The van der Waals surface area contributed by atoms with Gasteiger partial charge in [0.2, 0.25) is 0 Å². The van der Waals surface area contributed by atoms with E-state index in [1.165, 1.54) is 18.4 Å². The van der Waals surface area contributed by atoms with Crippen LogP contribution in [0.2, 0.25) is 0 Å². The lowest BCUT2D eigenvalue weighted by atomic mass is 10.1. The van der Waals surface area contributed by atoms with Gasteiger partial charge in [-0.25, -0.2) is 4.79 Å². The zero-order chi connectivity index (χ0) is 12.4. The Labute approximate surface area is 102 Å². The third-order valence-corrected chi connectivity index (χ3v) is 3.35. The minimum absolute atomic E-state index is 0.191. The van der Waals surface area contributed by atoms with Gasteiger partial charge in [-0.3, -0.25) is 0 Å². The molecule has 0 spiro atoms. The number of ether oxygens (including phenoxy) is 1. The molecule has 88 valence electrons. The first kappa shape index (κ1) is 11.5. The van der Waals surface area contributed by atoms with Crippen LogP contribution in [0.4, 0.5) is 5.69 Å². The molecule has 2 aromatic rings. The molecule has 1 heterocycles. The Morgan fingerprint density at radius 2 is 2.00 bits per heavy atom. The minimum Gasteiger partial charge on any atom is -0.508 e. The average Bonchev–Trinajstić information content (AvgIpc) is 2.71. The van der Waals surface area contributed by atoms with Crippen LogP contribution in [0.1, 0.15) is 9.67 Å². The molecule has 0 radical (unpaired) electrons. The highest BCUT2D eigenvalue weighted by Crippen LogP contribution is 2.34. The smallest absolute Gasteiger partial charge is 0.350 e. The normalized spacial score (nSPS) is 10.2. The van der Waals surface area contributed by atoms with E-state index in [1.807, 2.05) is 0 Å². The van der Waals surface area contributed by atoms with Gasteiger partial charge in [-0.05, 0) is 17.7 Å². The summed E-state index contributed by atoms with van der Waals surface area (Å²) in [6, 6.07) is 6.64. The summed E-state index contributed by atoms with van der Waals surface area (Å²) in [5.41, 5.74) is 7.93. The number of phenolic OH excluding ortho intramolecular Hbond substituents is 1. The summed E-state index contributed by atoms with van der Waals surface area (Å²) in [6.45, 7) is 0. The molecule has 5 heteroatoms. The number of benzene rings is 1. The molecular weight excluding hydrogens is 238 g/mol. The van der Waals surface area contributed by atoms with Crippen LogP contribution in [0, 0.1) is 0 Å². The standard InChI is InChI=1S/C12H11NO3S/c1-16-12(15)11-10(13)9(6-17-11)7-2-4-8(14)5-3-7/h2-6,14H,13H2,1H3. The molecule has 0 saturated carbocycles. The molecule has 17 heavy (non-hydrogen) atoms. The highest BCUT2D eigenvalue weighted by molar-refractivity contribution is 7.13. The first-order chi connectivity index (χ1) is 8.13. The molecule has 1 aromatic heterocycles. The van der Waals surface area contributed by atoms with Crippen molar-refractivity contribution in [2.75, 3.05) is 12.8 Å². The molecule has 0 amide bonds. The summed E-state index contributed by atoms with van der Waals surface area (Å²) in [6.07, 6.45) is 0. The summed E-state index contributed by atoms with van der Waals surface area (Å²) >= 11 is 1.25. The minimum atomic E-state index is -0.433. The van der Waals surface area contributed by atoms with Gasteiger partial charge in [-0.2, -0.15) is 0 Å². The van der Waals surface area contributed by atoms with E-state index < -0.39 is 5.97 Å². The van der Waals surface area contributed by atoms with Gasteiger partial charge >= 0.3 is 5.97 Å². The molecule has 0 bridgehead atoms. The summed E-state index contributed by atoms with van der Waals surface area (Å²) < 4.78 is 4.64. The quantitative estimate of drug-likeness (QED) is 0.802. The lowest BCUT2D eigenvalue weighted by molar-refractivity contribution is 0.0607. The zero-order valence-corrected chi connectivity index (χ0v) is 9.95. The van der Waals surface area contributed by atoms with Crippen molar-refractivity contribution in [3.63, 3.8) is 0 Å². The fourth-order valence-electron chi connectivity index (χ4n) is 1.48. The van der Waals surface area contributed by atoms with Gasteiger partial charge in [-0.1, -0.05) is 12.1 Å². The number of methoxy groups -OCH3 is 1. The van der Waals surface area contributed by atoms with Gasteiger partial charge < -0.3 is 15.6 Å². The summed E-state index contributed by atoms with van der Waals surface area (Å²) in [4.78, 5) is 11.8. The molecule has 2 rings (SSSR count). The second kappa shape index (κ2) is 4.47. The number of rotatable bonds is 2. The number of anilines is 1. The molecule has 0 unspecified atom stereocenters. The number of nitrogens with two attached hydrogens (primary N) is 1. The maximum Gasteiger partial charge on any atom is 0.350 e. The van der Waals surface area contributed by atoms with Crippen molar-refractivity contribution in [2.45, 2.75) is 0 Å². The third-order valence-electron chi connectivity index (χ3n) is 2.38. The number of esters is 1. The van der Waals surface area contributed by atoms with Crippen LogP contribution in [-0.2, 0) is 4.74 Å². The number of hydrogen-bond donors (Lipinski definition) is 2. The van der Waals surface area contributed by atoms with Crippen molar-refractivity contribution in [1.82, 2.24) is 0 Å². The molecule has 3 N–H and O–H groups in total. The number of aromatic hydroxyl groups is 1. The first-order valence-electron chi connectivity index (χ1n) is 4.88. The van der Waals surface area contributed by atoms with Crippen LogP contribution >= 0.6 is 11.3 Å². The van der Waals surface area contributed by atoms with Gasteiger partial charge in [0.15, 0.2) is 0 Å². The van der Waals surface area contributed by atoms with Gasteiger partial charge in [0.05, 0.1) is 12.8 Å². The monoisotopic (exact) mass is 249 g/mol. The van der Waals surface area contributed by atoms with Gasteiger partial charge in [0.25, 0.3) is 0 Å². The predicted octanol–water partition coefficient (Wildman–Crippen LogP) is 2.49. The molecule has 1 aromatic carbocycles. The van der Waals surface area contributed by atoms with Crippen molar-refractivity contribution in [1.29, 1.82) is 0 Å². The molecule has 0 aliphatic carbocycles. The second-order valence-corrected chi connectivity index (χ2v) is 4.31. The van der Waals surface area contributed by atoms with E-state index in [1.54, 1.807) is 29.6 Å². The summed E-state index contributed by atoms with van der Waals surface area (Å²) in [5.74, 6) is -0.242. The summed E-state index contributed by atoms with van der Waals surface area (Å²) in [5, 5.41) is 11.0. The Kier molecular flexibility index (Phi) is 3.01. The fourth-order valence-corrected chi connectivity index (χ4v) is 2.40. The lowest BCUT2D eigenvalue weighted by Gasteiger charge is -2.02. The first-order valence-corrected chi connectivity index (χ1v) is 5.76. The predicted molar refractivity (Wildman–Crippen MR) is 67.2 cm³/mol. The molecule has 0 aliphatic rings. The van der Waals surface area contributed by atoms with E-state index in [9.17, 15) is 9.90 Å². The van der Waals surface area contributed by atoms with Crippen molar-refractivity contribution in [3.05, 3.63) is 34.5 Å². The van der Waals surface area contributed by atoms with Crippen molar-refractivity contribution >= 4 is 23.0 Å². The summed E-state index contributed by atoms with van der Waals surface area (Å²) in [7, 11) is 1.32. The number of thiophene rings is 1. The Balaban J connectivity index is 2.44. The van der Waals surface area contributed by atoms with Crippen molar-refractivity contribution in [3.8, 4) is 16.9 Å². The Morgan fingerprint density at radius 1 is 1.35 bits per heavy atom. The number of hydrogen-bond acceptors (Lipinski definition) is 5. The number of nitrogen functional groups attached to an aromatic ring is 1. The largest absolute Gasteiger partial charge is 0.508 e. The topological polar surface area (TPSA) is 72.5 Å². The van der Waals surface area contributed by atoms with Crippen molar-refractivity contribution in [2.24, 2.45) is 0 Å². The van der Waals surface area contributed by atoms with E-state index in [-0.39, 0.29) is 5.75 Å². The van der Waals surface area contributed by atoms with Crippen LogP contribution in [0.15, 0.2) is 29.6 Å². The number of carbonyl (C=O) groups excluding carboxylic acids is 1. The van der Waals surface area contributed by atoms with Crippen LogP contribution in [-0.4, -0.2) is 18.2 Å².